The lowest BCUT2D eigenvalue weighted by Gasteiger charge is -2.06. The number of hydrogen-bond donors (Lipinski definition) is 1. The van der Waals surface area contributed by atoms with Crippen molar-refractivity contribution in [3.63, 3.8) is 0 Å². The van der Waals surface area contributed by atoms with Crippen molar-refractivity contribution in [2.45, 2.75) is 0 Å². The maximum atomic E-state index is 11.9. The zero-order valence-corrected chi connectivity index (χ0v) is 11.3. The second kappa shape index (κ2) is 6.44. The molecule has 8 heteroatoms. The number of benzene rings is 2. The summed E-state index contributed by atoms with van der Waals surface area (Å²) in [5.41, 5.74) is -0.304. The number of anilines is 1. The van der Waals surface area contributed by atoms with E-state index in [9.17, 15) is 25.0 Å². The molecule has 22 heavy (non-hydrogen) atoms. The molecule has 0 unspecified atom stereocenters. The number of Topliss-reactive ketones (excluding diaryl/α,β-unsaturated/α-hetero) is 1. The lowest BCUT2D eigenvalue weighted by Crippen LogP contribution is -2.14. The molecule has 2 rings (SSSR count). The van der Waals surface area contributed by atoms with Gasteiger partial charge in [0, 0.05) is 11.6 Å². The van der Waals surface area contributed by atoms with Crippen LogP contribution in [0.15, 0.2) is 48.5 Å². The molecule has 0 atom stereocenters. The highest BCUT2D eigenvalue weighted by molar-refractivity contribution is 5.99. The van der Waals surface area contributed by atoms with E-state index in [0.717, 1.165) is 12.1 Å². The quantitative estimate of drug-likeness (QED) is 0.498. The van der Waals surface area contributed by atoms with Crippen molar-refractivity contribution < 1.29 is 14.6 Å². The molecular weight excluding hydrogens is 290 g/mol. The number of rotatable bonds is 6. The van der Waals surface area contributed by atoms with Crippen LogP contribution >= 0.6 is 0 Å². The van der Waals surface area contributed by atoms with Gasteiger partial charge in [0.2, 0.25) is 0 Å². The van der Waals surface area contributed by atoms with E-state index < -0.39 is 15.5 Å². The molecule has 0 spiro atoms. The molecule has 0 amide bonds. The SMILES string of the molecule is O=C(CNc1ccc([N+](=O)[O-])cc1[N+](=O)[O-])c1ccccc1. The van der Waals surface area contributed by atoms with Gasteiger partial charge < -0.3 is 5.32 Å². The van der Waals surface area contributed by atoms with Crippen molar-refractivity contribution >= 4 is 22.8 Å². The van der Waals surface area contributed by atoms with Crippen LogP contribution in [0.5, 0.6) is 0 Å². The average molecular weight is 301 g/mol. The first-order valence-corrected chi connectivity index (χ1v) is 6.24. The first kappa shape index (κ1) is 15.1. The summed E-state index contributed by atoms with van der Waals surface area (Å²) in [4.78, 5) is 32.1. The van der Waals surface area contributed by atoms with Gasteiger partial charge in [-0.25, -0.2) is 0 Å². The molecule has 0 aliphatic heterocycles. The molecule has 0 saturated heterocycles. The van der Waals surface area contributed by atoms with E-state index in [1.165, 1.54) is 6.07 Å². The van der Waals surface area contributed by atoms with Crippen LogP contribution in [0.1, 0.15) is 10.4 Å². The highest BCUT2D eigenvalue weighted by Crippen LogP contribution is 2.28. The van der Waals surface area contributed by atoms with Gasteiger partial charge in [0.1, 0.15) is 5.69 Å². The van der Waals surface area contributed by atoms with Crippen molar-refractivity contribution in [1.82, 2.24) is 0 Å². The number of ketones is 1. The third kappa shape index (κ3) is 3.42. The number of carbonyl (C=O) groups excluding carboxylic acids is 1. The van der Waals surface area contributed by atoms with Gasteiger partial charge in [-0.1, -0.05) is 30.3 Å². The van der Waals surface area contributed by atoms with Crippen molar-refractivity contribution in [2.75, 3.05) is 11.9 Å². The molecule has 0 aliphatic carbocycles. The van der Waals surface area contributed by atoms with E-state index in [1.54, 1.807) is 30.3 Å². The smallest absolute Gasteiger partial charge is 0.299 e. The Morgan fingerprint density at radius 1 is 1.00 bits per heavy atom. The minimum Gasteiger partial charge on any atom is -0.372 e. The van der Waals surface area contributed by atoms with Crippen molar-refractivity contribution in [3.05, 3.63) is 74.3 Å². The number of hydrogen-bond acceptors (Lipinski definition) is 6. The number of nitro benzene ring substituents is 2. The van der Waals surface area contributed by atoms with E-state index in [-0.39, 0.29) is 23.7 Å². The number of nitrogens with one attached hydrogen (secondary N) is 1. The van der Waals surface area contributed by atoms with E-state index >= 15 is 0 Å². The molecule has 0 heterocycles. The van der Waals surface area contributed by atoms with Crippen LogP contribution in [0.25, 0.3) is 0 Å². The molecule has 2 aromatic carbocycles. The van der Waals surface area contributed by atoms with Gasteiger partial charge >= 0.3 is 0 Å². The molecule has 0 aliphatic rings. The summed E-state index contributed by atoms with van der Waals surface area (Å²) in [6, 6.07) is 11.7. The molecule has 2 aromatic rings. The predicted molar refractivity (Wildman–Crippen MR) is 79.0 cm³/mol. The lowest BCUT2D eigenvalue weighted by molar-refractivity contribution is -0.393. The minimum atomic E-state index is -0.734. The van der Waals surface area contributed by atoms with Gasteiger partial charge in [-0.2, -0.15) is 0 Å². The Balaban J connectivity index is 2.17. The molecule has 112 valence electrons. The largest absolute Gasteiger partial charge is 0.372 e. The molecular formula is C14H11N3O5. The second-order valence-electron chi connectivity index (χ2n) is 4.36. The minimum absolute atomic E-state index is 0.0554. The Morgan fingerprint density at radius 2 is 1.68 bits per heavy atom. The molecule has 8 nitrogen and oxygen atoms in total. The Bertz CT molecular complexity index is 731. The molecule has 0 bridgehead atoms. The van der Waals surface area contributed by atoms with Crippen LogP contribution in [-0.2, 0) is 0 Å². The fraction of sp³-hybridized carbons (Fsp3) is 0.0714. The number of non-ortho nitro benzene ring substituents is 1. The fourth-order valence-electron chi connectivity index (χ4n) is 1.84. The van der Waals surface area contributed by atoms with Gasteiger partial charge in [-0.05, 0) is 6.07 Å². The van der Waals surface area contributed by atoms with Gasteiger partial charge in [0.05, 0.1) is 22.5 Å². The summed E-state index contributed by atoms with van der Waals surface area (Å²) in [6.07, 6.45) is 0. The van der Waals surface area contributed by atoms with Crippen molar-refractivity contribution in [3.8, 4) is 0 Å². The topological polar surface area (TPSA) is 115 Å². The summed E-state index contributed by atoms with van der Waals surface area (Å²) in [6.45, 7) is -0.150. The monoisotopic (exact) mass is 301 g/mol. The van der Waals surface area contributed by atoms with Crippen LogP contribution in [0.4, 0.5) is 17.1 Å². The Hall–Kier alpha value is -3.29. The summed E-state index contributed by atoms with van der Waals surface area (Å²) in [5.74, 6) is -0.242. The standard InChI is InChI=1S/C14H11N3O5/c18-14(10-4-2-1-3-5-10)9-15-12-7-6-11(16(19)20)8-13(12)17(21)22/h1-8,15H,9H2. The molecule has 0 saturated carbocycles. The highest BCUT2D eigenvalue weighted by Gasteiger charge is 2.19. The summed E-state index contributed by atoms with van der Waals surface area (Å²) in [5, 5.41) is 24.3. The predicted octanol–water partition coefficient (Wildman–Crippen LogP) is 2.80. The molecule has 1 N–H and O–H groups in total. The average Bonchev–Trinajstić information content (AvgIpc) is 2.53. The van der Waals surface area contributed by atoms with E-state index in [1.807, 2.05) is 0 Å². The lowest BCUT2D eigenvalue weighted by atomic mass is 10.1. The van der Waals surface area contributed by atoms with E-state index in [0.29, 0.717) is 5.56 Å². The summed E-state index contributed by atoms with van der Waals surface area (Å²) in [7, 11) is 0. The number of nitro groups is 2. The van der Waals surface area contributed by atoms with Crippen LogP contribution in [0, 0.1) is 20.2 Å². The number of nitrogens with zero attached hydrogens (tertiary/aromatic N) is 2. The second-order valence-corrected chi connectivity index (χ2v) is 4.36. The van der Waals surface area contributed by atoms with Crippen LogP contribution in [0.2, 0.25) is 0 Å². The Labute approximate surface area is 124 Å². The van der Waals surface area contributed by atoms with Gasteiger partial charge in [-0.15, -0.1) is 0 Å². The highest BCUT2D eigenvalue weighted by atomic mass is 16.6. The fourth-order valence-corrected chi connectivity index (χ4v) is 1.84. The number of carbonyl (C=O) groups is 1. The zero-order chi connectivity index (χ0) is 16.1. The molecule has 0 radical (unpaired) electrons. The van der Waals surface area contributed by atoms with Gasteiger partial charge in [0.15, 0.2) is 5.78 Å². The van der Waals surface area contributed by atoms with E-state index in [2.05, 4.69) is 5.32 Å². The van der Waals surface area contributed by atoms with Crippen molar-refractivity contribution in [1.29, 1.82) is 0 Å². The van der Waals surface area contributed by atoms with Gasteiger partial charge in [0.25, 0.3) is 11.4 Å². The Kier molecular flexibility index (Phi) is 4.42. The third-order valence-corrected chi connectivity index (χ3v) is 2.92. The van der Waals surface area contributed by atoms with Gasteiger partial charge in [-0.3, -0.25) is 25.0 Å². The van der Waals surface area contributed by atoms with Crippen LogP contribution < -0.4 is 5.32 Å². The van der Waals surface area contributed by atoms with Crippen LogP contribution in [0.3, 0.4) is 0 Å². The first-order chi connectivity index (χ1) is 10.5. The summed E-state index contributed by atoms with van der Waals surface area (Å²) >= 11 is 0. The Morgan fingerprint density at radius 3 is 2.27 bits per heavy atom. The normalized spacial score (nSPS) is 10.0. The zero-order valence-electron chi connectivity index (χ0n) is 11.3. The van der Waals surface area contributed by atoms with Crippen LogP contribution in [-0.4, -0.2) is 22.2 Å². The van der Waals surface area contributed by atoms with Crippen molar-refractivity contribution in [2.24, 2.45) is 0 Å². The third-order valence-electron chi connectivity index (χ3n) is 2.92. The maximum Gasteiger partial charge on any atom is 0.299 e. The maximum absolute atomic E-state index is 11.9. The summed E-state index contributed by atoms with van der Waals surface area (Å²) < 4.78 is 0. The molecule has 0 aromatic heterocycles. The first-order valence-electron chi connectivity index (χ1n) is 6.24. The molecule has 0 fully saturated rings. The van der Waals surface area contributed by atoms with E-state index in [4.69, 9.17) is 0 Å².